The van der Waals surface area contributed by atoms with Crippen LogP contribution in [0.3, 0.4) is 0 Å². The first-order valence-electron chi connectivity index (χ1n) is 8.09. The third-order valence-corrected chi connectivity index (χ3v) is 5.99. The molecule has 0 radical (unpaired) electrons. The van der Waals surface area contributed by atoms with Crippen LogP contribution in [0.4, 0.5) is 5.69 Å². The second kappa shape index (κ2) is 7.75. The summed E-state index contributed by atoms with van der Waals surface area (Å²) in [5, 5.41) is 0.154. The number of aryl methyl sites for hydroxylation is 1. The van der Waals surface area contributed by atoms with Gasteiger partial charge in [-0.1, -0.05) is 35.9 Å². The first-order valence-corrected chi connectivity index (χ1v) is 9.96. The van der Waals surface area contributed by atoms with E-state index in [0.717, 1.165) is 11.3 Å². The van der Waals surface area contributed by atoms with Crippen LogP contribution < -0.4 is 9.62 Å². The number of nitrogens with one attached hydrogen (secondary N) is 1. The zero-order valence-electron chi connectivity index (χ0n) is 14.2. The molecule has 1 aliphatic heterocycles. The largest absolute Gasteiger partial charge is 0.365 e. The Hall–Kier alpha value is -1.93. The van der Waals surface area contributed by atoms with Crippen molar-refractivity contribution in [1.29, 1.82) is 0 Å². The minimum atomic E-state index is -3.76. The molecule has 1 amide bonds. The number of benzene rings is 2. The molecule has 2 aromatic carbocycles. The molecule has 26 heavy (non-hydrogen) atoms. The van der Waals surface area contributed by atoms with Crippen molar-refractivity contribution in [1.82, 2.24) is 4.72 Å². The molecule has 0 aliphatic carbocycles. The highest BCUT2D eigenvalue weighted by Gasteiger charge is 2.29. The maximum atomic E-state index is 12.4. The average molecular weight is 395 g/mol. The van der Waals surface area contributed by atoms with Gasteiger partial charge in [0, 0.05) is 12.2 Å². The number of hydrogen-bond acceptors (Lipinski definition) is 4. The third-order valence-electron chi connectivity index (χ3n) is 4.07. The fourth-order valence-corrected chi connectivity index (χ4v) is 4.32. The molecule has 0 bridgehead atoms. The van der Waals surface area contributed by atoms with E-state index < -0.39 is 16.1 Å². The average Bonchev–Trinajstić information content (AvgIpc) is 2.61. The summed E-state index contributed by atoms with van der Waals surface area (Å²) in [6.07, 6.45) is -0.453. The van der Waals surface area contributed by atoms with Crippen molar-refractivity contribution >= 4 is 33.2 Å². The Morgan fingerprint density at radius 1 is 1.23 bits per heavy atom. The molecule has 8 heteroatoms. The van der Waals surface area contributed by atoms with Crippen LogP contribution in [0, 0.1) is 6.92 Å². The van der Waals surface area contributed by atoms with Gasteiger partial charge in [-0.2, -0.15) is 0 Å². The summed E-state index contributed by atoms with van der Waals surface area (Å²) in [7, 11) is -3.76. The van der Waals surface area contributed by atoms with Crippen LogP contribution in [0.25, 0.3) is 0 Å². The minimum absolute atomic E-state index is 0.0177. The van der Waals surface area contributed by atoms with Gasteiger partial charge in [0.15, 0.2) is 0 Å². The summed E-state index contributed by atoms with van der Waals surface area (Å²) in [5.41, 5.74) is 1.81. The Kier molecular flexibility index (Phi) is 5.62. The molecule has 6 nitrogen and oxygen atoms in total. The lowest BCUT2D eigenvalue weighted by atomic mass is 10.2. The van der Waals surface area contributed by atoms with Gasteiger partial charge in [-0.05, 0) is 36.8 Å². The lowest BCUT2D eigenvalue weighted by molar-refractivity contribution is -0.129. The predicted molar refractivity (Wildman–Crippen MR) is 99.9 cm³/mol. The van der Waals surface area contributed by atoms with Gasteiger partial charge in [0.1, 0.15) is 11.5 Å². The van der Waals surface area contributed by atoms with Crippen molar-refractivity contribution in [3.63, 3.8) is 0 Å². The normalized spacial score (nSPS) is 18.2. The predicted octanol–water partition coefficient (Wildman–Crippen LogP) is 2.36. The Labute approximate surface area is 157 Å². The van der Waals surface area contributed by atoms with Gasteiger partial charge in [-0.25, -0.2) is 13.1 Å². The van der Waals surface area contributed by atoms with E-state index in [1.807, 2.05) is 31.2 Å². The number of nitrogens with zero attached hydrogens (tertiary/aromatic N) is 1. The standard InChI is InChI=1S/C18H19ClN2O4S/c1-13-5-4-6-14(9-13)21-11-15(25-12-18(21)22)10-20-26(23,24)17-8-3-2-7-16(17)19/h2-9,15,20H,10-12H2,1H3. The van der Waals surface area contributed by atoms with Gasteiger partial charge >= 0.3 is 0 Å². The summed E-state index contributed by atoms with van der Waals surface area (Å²) < 4.78 is 32.8. The highest BCUT2D eigenvalue weighted by molar-refractivity contribution is 7.89. The number of halogens is 1. The number of ether oxygens (including phenoxy) is 1. The van der Waals surface area contributed by atoms with E-state index in [2.05, 4.69) is 4.72 Å². The number of carbonyl (C=O) groups excluding carboxylic acids is 1. The molecule has 1 aliphatic rings. The van der Waals surface area contributed by atoms with Crippen molar-refractivity contribution in [2.24, 2.45) is 0 Å². The van der Waals surface area contributed by atoms with E-state index in [0.29, 0.717) is 0 Å². The minimum Gasteiger partial charge on any atom is -0.365 e. The smallest absolute Gasteiger partial charge is 0.253 e. The topological polar surface area (TPSA) is 75.7 Å². The molecule has 1 saturated heterocycles. The van der Waals surface area contributed by atoms with Crippen LogP contribution in [0.2, 0.25) is 5.02 Å². The SMILES string of the molecule is Cc1cccc(N2CC(CNS(=O)(=O)c3ccccc3Cl)OCC2=O)c1. The van der Waals surface area contributed by atoms with Gasteiger partial charge in [0.05, 0.1) is 17.7 Å². The molecule has 3 rings (SSSR count). The lowest BCUT2D eigenvalue weighted by Crippen LogP contribution is -2.50. The second-order valence-corrected chi connectivity index (χ2v) is 8.20. The van der Waals surface area contributed by atoms with Crippen LogP contribution in [-0.4, -0.2) is 40.1 Å². The summed E-state index contributed by atoms with van der Waals surface area (Å²) >= 11 is 5.96. The van der Waals surface area contributed by atoms with E-state index in [-0.39, 0.29) is 35.5 Å². The van der Waals surface area contributed by atoms with Crippen molar-refractivity contribution in [2.45, 2.75) is 17.9 Å². The summed E-state index contributed by atoms with van der Waals surface area (Å²) in [4.78, 5) is 13.8. The zero-order chi connectivity index (χ0) is 18.7. The van der Waals surface area contributed by atoms with E-state index in [1.165, 1.54) is 12.1 Å². The molecule has 1 fully saturated rings. The molecule has 1 atom stereocenters. The lowest BCUT2D eigenvalue weighted by Gasteiger charge is -2.33. The van der Waals surface area contributed by atoms with E-state index in [9.17, 15) is 13.2 Å². The molecule has 0 saturated carbocycles. The van der Waals surface area contributed by atoms with E-state index >= 15 is 0 Å². The molecule has 138 valence electrons. The monoisotopic (exact) mass is 394 g/mol. The Bertz CT molecular complexity index is 917. The number of anilines is 1. The van der Waals surface area contributed by atoms with Gasteiger partial charge in [0.2, 0.25) is 10.0 Å². The van der Waals surface area contributed by atoms with Crippen molar-refractivity contribution in [2.75, 3.05) is 24.6 Å². The maximum Gasteiger partial charge on any atom is 0.253 e. The molecule has 1 N–H and O–H groups in total. The summed E-state index contributed by atoms with van der Waals surface area (Å²) in [6.45, 7) is 2.17. The second-order valence-electron chi connectivity index (χ2n) is 6.06. The maximum absolute atomic E-state index is 12.4. The summed E-state index contributed by atoms with van der Waals surface area (Å²) in [6, 6.07) is 13.8. The van der Waals surface area contributed by atoms with E-state index in [4.69, 9.17) is 16.3 Å². The number of carbonyl (C=O) groups is 1. The highest BCUT2D eigenvalue weighted by atomic mass is 35.5. The number of sulfonamides is 1. The van der Waals surface area contributed by atoms with Gasteiger partial charge in [-0.3, -0.25) is 4.79 Å². The first kappa shape index (κ1) is 18.8. The molecular weight excluding hydrogens is 376 g/mol. The number of amides is 1. The number of rotatable bonds is 5. The van der Waals surface area contributed by atoms with Gasteiger partial charge in [0.25, 0.3) is 5.91 Å². The first-order chi connectivity index (χ1) is 12.4. The Balaban J connectivity index is 1.69. The van der Waals surface area contributed by atoms with Gasteiger partial charge < -0.3 is 9.64 Å². The number of morpholine rings is 1. The van der Waals surface area contributed by atoms with Crippen molar-refractivity contribution in [3.05, 3.63) is 59.1 Å². The van der Waals surface area contributed by atoms with Crippen LogP contribution in [0.15, 0.2) is 53.4 Å². The van der Waals surface area contributed by atoms with Crippen LogP contribution in [-0.2, 0) is 19.6 Å². The molecule has 0 aromatic heterocycles. The molecular formula is C18H19ClN2O4S. The van der Waals surface area contributed by atoms with Crippen molar-refractivity contribution in [3.8, 4) is 0 Å². The van der Waals surface area contributed by atoms with Crippen molar-refractivity contribution < 1.29 is 17.9 Å². The summed E-state index contributed by atoms with van der Waals surface area (Å²) in [5.74, 6) is -0.152. The number of hydrogen-bond donors (Lipinski definition) is 1. The fraction of sp³-hybridized carbons (Fsp3) is 0.278. The zero-order valence-corrected chi connectivity index (χ0v) is 15.8. The van der Waals surface area contributed by atoms with Crippen LogP contribution in [0.1, 0.15) is 5.56 Å². The molecule has 1 heterocycles. The third kappa shape index (κ3) is 4.24. The van der Waals surface area contributed by atoms with E-state index in [1.54, 1.807) is 17.0 Å². The van der Waals surface area contributed by atoms with Gasteiger partial charge in [-0.15, -0.1) is 0 Å². The Morgan fingerprint density at radius 2 is 2.00 bits per heavy atom. The van der Waals surface area contributed by atoms with Crippen LogP contribution in [0.5, 0.6) is 0 Å². The fourth-order valence-electron chi connectivity index (χ4n) is 2.74. The molecule has 0 spiro atoms. The quantitative estimate of drug-likeness (QED) is 0.844. The molecule has 1 unspecified atom stereocenters. The van der Waals surface area contributed by atoms with Crippen LogP contribution >= 0.6 is 11.6 Å². The highest BCUT2D eigenvalue weighted by Crippen LogP contribution is 2.22. The Morgan fingerprint density at radius 3 is 2.73 bits per heavy atom. The molecule has 2 aromatic rings.